The van der Waals surface area contributed by atoms with Gasteiger partial charge in [-0.05, 0) is 42.9 Å². The van der Waals surface area contributed by atoms with E-state index in [2.05, 4.69) is 19.2 Å². The first-order chi connectivity index (χ1) is 9.18. The van der Waals surface area contributed by atoms with Crippen LogP contribution in [0.25, 0.3) is 0 Å². The first-order valence-electron chi connectivity index (χ1n) is 7.63. The van der Waals surface area contributed by atoms with Gasteiger partial charge in [0.2, 0.25) is 0 Å². The van der Waals surface area contributed by atoms with Crippen LogP contribution in [0.5, 0.6) is 0 Å². The number of hydrogen-bond acceptors (Lipinski definition) is 1. The van der Waals surface area contributed by atoms with Crippen molar-refractivity contribution in [3.05, 3.63) is 35.6 Å². The molecule has 0 amide bonds. The van der Waals surface area contributed by atoms with E-state index in [9.17, 15) is 4.39 Å². The van der Waals surface area contributed by atoms with E-state index in [0.717, 1.165) is 18.7 Å². The Morgan fingerprint density at radius 1 is 1.16 bits per heavy atom. The SMILES string of the molecule is CC(C)CNCC(c1ccccc1F)C1CCCC1. The molecule has 2 rings (SSSR count). The summed E-state index contributed by atoms with van der Waals surface area (Å²) in [5, 5.41) is 3.52. The lowest BCUT2D eigenvalue weighted by Gasteiger charge is -2.25. The first-order valence-corrected chi connectivity index (χ1v) is 7.63. The third-order valence-corrected chi connectivity index (χ3v) is 4.19. The molecule has 1 unspecified atom stereocenters. The lowest BCUT2D eigenvalue weighted by atomic mass is 9.84. The van der Waals surface area contributed by atoms with Gasteiger partial charge in [0.05, 0.1) is 0 Å². The van der Waals surface area contributed by atoms with Gasteiger partial charge >= 0.3 is 0 Å². The molecule has 1 saturated carbocycles. The van der Waals surface area contributed by atoms with Crippen molar-refractivity contribution in [1.82, 2.24) is 5.32 Å². The van der Waals surface area contributed by atoms with E-state index in [1.807, 2.05) is 12.1 Å². The zero-order valence-corrected chi connectivity index (χ0v) is 12.2. The van der Waals surface area contributed by atoms with Crippen LogP contribution in [0.3, 0.4) is 0 Å². The van der Waals surface area contributed by atoms with Crippen molar-refractivity contribution >= 4 is 0 Å². The van der Waals surface area contributed by atoms with Crippen molar-refractivity contribution in [2.75, 3.05) is 13.1 Å². The van der Waals surface area contributed by atoms with Gasteiger partial charge in [-0.2, -0.15) is 0 Å². The number of nitrogens with one attached hydrogen (secondary N) is 1. The Bertz CT molecular complexity index is 383. The third-order valence-electron chi connectivity index (χ3n) is 4.19. The minimum Gasteiger partial charge on any atom is -0.316 e. The van der Waals surface area contributed by atoms with E-state index in [4.69, 9.17) is 0 Å². The van der Waals surface area contributed by atoms with Gasteiger partial charge in [0.25, 0.3) is 0 Å². The second-order valence-electron chi connectivity index (χ2n) is 6.22. The Kier molecular flexibility index (Phi) is 5.38. The number of hydrogen-bond donors (Lipinski definition) is 1. The van der Waals surface area contributed by atoms with Gasteiger partial charge < -0.3 is 5.32 Å². The summed E-state index contributed by atoms with van der Waals surface area (Å²) in [4.78, 5) is 0. The molecule has 0 aliphatic heterocycles. The first kappa shape index (κ1) is 14.5. The van der Waals surface area contributed by atoms with Crippen LogP contribution in [0, 0.1) is 17.7 Å². The molecule has 1 aromatic rings. The predicted octanol–water partition coefficient (Wildman–Crippen LogP) is 4.35. The van der Waals surface area contributed by atoms with Crippen molar-refractivity contribution in [1.29, 1.82) is 0 Å². The molecule has 19 heavy (non-hydrogen) atoms. The summed E-state index contributed by atoms with van der Waals surface area (Å²) < 4.78 is 14.1. The van der Waals surface area contributed by atoms with Gasteiger partial charge in [0.15, 0.2) is 0 Å². The molecule has 1 aliphatic rings. The van der Waals surface area contributed by atoms with Crippen LogP contribution in [-0.2, 0) is 0 Å². The van der Waals surface area contributed by atoms with E-state index >= 15 is 0 Å². The second-order valence-corrected chi connectivity index (χ2v) is 6.22. The number of rotatable bonds is 6. The molecule has 1 nitrogen and oxygen atoms in total. The summed E-state index contributed by atoms with van der Waals surface area (Å²) >= 11 is 0. The van der Waals surface area contributed by atoms with E-state index in [0.29, 0.717) is 17.8 Å². The van der Waals surface area contributed by atoms with Gasteiger partial charge in [0, 0.05) is 12.5 Å². The van der Waals surface area contributed by atoms with Gasteiger partial charge in [0.1, 0.15) is 5.82 Å². The number of benzene rings is 1. The molecule has 106 valence electrons. The molecule has 0 heterocycles. The Hall–Kier alpha value is -0.890. The Morgan fingerprint density at radius 2 is 1.84 bits per heavy atom. The highest BCUT2D eigenvalue weighted by atomic mass is 19.1. The molecule has 1 aliphatic carbocycles. The van der Waals surface area contributed by atoms with Crippen LogP contribution in [0.2, 0.25) is 0 Å². The van der Waals surface area contributed by atoms with Crippen LogP contribution >= 0.6 is 0 Å². The van der Waals surface area contributed by atoms with Crippen molar-refractivity contribution < 1.29 is 4.39 Å². The summed E-state index contributed by atoms with van der Waals surface area (Å²) in [6.45, 7) is 6.34. The number of halogens is 1. The minimum atomic E-state index is -0.0363. The smallest absolute Gasteiger partial charge is 0.126 e. The maximum atomic E-state index is 14.1. The normalized spacial score (nSPS) is 18.1. The molecule has 0 radical (unpaired) electrons. The van der Waals surface area contributed by atoms with Crippen LogP contribution in [-0.4, -0.2) is 13.1 Å². The Morgan fingerprint density at radius 3 is 2.47 bits per heavy atom. The standard InChI is InChI=1S/C17H26FN/c1-13(2)11-19-12-16(14-7-3-4-8-14)15-9-5-6-10-17(15)18/h5-6,9-10,13-14,16,19H,3-4,7-8,11-12H2,1-2H3. The minimum absolute atomic E-state index is 0.0363. The fourth-order valence-corrected chi connectivity index (χ4v) is 3.19. The molecule has 1 aromatic carbocycles. The highest BCUT2D eigenvalue weighted by molar-refractivity contribution is 5.23. The monoisotopic (exact) mass is 263 g/mol. The molecular formula is C17H26FN. The van der Waals surface area contributed by atoms with E-state index in [1.54, 1.807) is 12.1 Å². The predicted molar refractivity (Wildman–Crippen MR) is 78.8 cm³/mol. The van der Waals surface area contributed by atoms with Crippen LogP contribution in [0.1, 0.15) is 51.0 Å². The lowest BCUT2D eigenvalue weighted by Crippen LogP contribution is -2.29. The summed E-state index contributed by atoms with van der Waals surface area (Å²) in [6.07, 6.45) is 5.12. The molecule has 1 atom stereocenters. The van der Waals surface area contributed by atoms with Crippen molar-refractivity contribution in [2.45, 2.75) is 45.4 Å². The second kappa shape index (κ2) is 7.04. The summed E-state index contributed by atoms with van der Waals surface area (Å²) in [5.41, 5.74) is 0.908. The highest BCUT2D eigenvalue weighted by Gasteiger charge is 2.27. The molecular weight excluding hydrogens is 237 g/mol. The molecule has 1 fully saturated rings. The Balaban J connectivity index is 2.07. The zero-order chi connectivity index (χ0) is 13.7. The van der Waals surface area contributed by atoms with Crippen LogP contribution < -0.4 is 5.32 Å². The Labute approximate surface area is 116 Å². The van der Waals surface area contributed by atoms with Crippen LogP contribution in [0.4, 0.5) is 4.39 Å². The summed E-state index contributed by atoms with van der Waals surface area (Å²) in [6, 6.07) is 7.31. The average Bonchev–Trinajstić information content (AvgIpc) is 2.89. The molecule has 1 N–H and O–H groups in total. The fourth-order valence-electron chi connectivity index (χ4n) is 3.19. The van der Waals surface area contributed by atoms with Crippen molar-refractivity contribution in [3.63, 3.8) is 0 Å². The quantitative estimate of drug-likeness (QED) is 0.805. The van der Waals surface area contributed by atoms with E-state index in [1.165, 1.54) is 25.7 Å². The molecule has 0 bridgehead atoms. The van der Waals surface area contributed by atoms with Gasteiger partial charge in [-0.3, -0.25) is 0 Å². The molecule has 0 aromatic heterocycles. The molecule has 0 spiro atoms. The topological polar surface area (TPSA) is 12.0 Å². The lowest BCUT2D eigenvalue weighted by molar-refractivity contribution is 0.390. The van der Waals surface area contributed by atoms with E-state index < -0.39 is 0 Å². The van der Waals surface area contributed by atoms with Crippen molar-refractivity contribution in [3.8, 4) is 0 Å². The van der Waals surface area contributed by atoms with Gasteiger partial charge in [-0.1, -0.05) is 44.9 Å². The maximum Gasteiger partial charge on any atom is 0.126 e. The molecule has 0 saturated heterocycles. The average molecular weight is 263 g/mol. The van der Waals surface area contributed by atoms with Gasteiger partial charge in [-0.15, -0.1) is 0 Å². The highest BCUT2D eigenvalue weighted by Crippen LogP contribution is 2.37. The largest absolute Gasteiger partial charge is 0.316 e. The van der Waals surface area contributed by atoms with Gasteiger partial charge in [-0.25, -0.2) is 4.39 Å². The summed E-state index contributed by atoms with van der Waals surface area (Å²) in [5.74, 6) is 1.59. The molecule has 2 heteroatoms. The van der Waals surface area contributed by atoms with Crippen molar-refractivity contribution in [2.24, 2.45) is 11.8 Å². The van der Waals surface area contributed by atoms with Crippen LogP contribution in [0.15, 0.2) is 24.3 Å². The van der Waals surface area contributed by atoms with E-state index in [-0.39, 0.29) is 5.82 Å². The third kappa shape index (κ3) is 4.04. The summed E-state index contributed by atoms with van der Waals surface area (Å²) in [7, 11) is 0. The zero-order valence-electron chi connectivity index (χ0n) is 12.2. The maximum absolute atomic E-state index is 14.1. The fraction of sp³-hybridized carbons (Fsp3) is 0.647.